The number of anilines is 1. The Morgan fingerprint density at radius 1 is 0.879 bits per heavy atom. The maximum Gasteiger partial charge on any atom is 0.324 e. The van der Waals surface area contributed by atoms with Crippen molar-refractivity contribution in [2.24, 2.45) is 0 Å². The van der Waals surface area contributed by atoms with Crippen molar-refractivity contribution in [3.8, 4) is 0 Å². The van der Waals surface area contributed by atoms with Crippen LogP contribution in [0, 0.1) is 5.82 Å². The van der Waals surface area contributed by atoms with Crippen LogP contribution in [0.5, 0.6) is 0 Å². The number of halogens is 1. The first-order valence-corrected chi connectivity index (χ1v) is 11.4. The first kappa shape index (κ1) is 21.2. The second kappa shape index (κ2) is 9.06. The van der Waals surface area contributed by atoms with E-state index in [-0.39, 0.29) is 17.8 Å². The molecule has 2 aliphatic heterocycles. The average molecular weight is 444 g/mol. The molecular weight excluding hydrogens is 417 g/mol. The van der Waals surface area contributed by atoms with Gasteiger partial charge in [0.05, 0.1) is 0 Å². The largest absolute Gasteiger partial charge is 0.334 e. The normalized spacial score (nSPS) is 16.0. The molecule has 5 rings (SSSR count). The highest BCUT2D eigenvalue weighted by molar-refractivity contribution is 5.98. The molecule has 0 spiro atoms. The lowest BCUT2D eigenvalue weighted by molar-refractivity contribution is 0.0734. The summed E-state index contributed by atoms with van der Waals surface area (Å²) in [5.41, 5.74) is 4.70. The third kappa shape index (κ3) is 4.46. The van der Waals surface area contributed by atoms with Crippen molar-refractivity contribution >= 4 is 17.6 Å². The Hall–Kier alpha value is -3.67. The maximum absolute atomic E-state index is 13.2. The third-order valence-corrected chi connectivity index (χ3v) is 6.42. The summed E-state index contributed by atoms with van der Waals surface area (Å²) in [7, 11) is 0. The Bertz CT molecular complexity index is 1180. The van der Waals surface area contributed by atoms with E-state index in [4.69, 9.17) is 0 Å². The van der Waals surface area contributed by atoms with Crippen LogP contribution in [-0.2, 0) is 19.5 Å². The predicted molar refractivity (Wildman–Crippen MR) is 125 cm³/mol. The Morgan fingerprint density at radius 2 is 1.67 bits per heavy atom. The molecule has 0 radical (unpaired) electrons. The lowest BCUT2D eigenvalue weighted by Crippen LogP contribution is -2.49. The van der Waals surface area contributed by atoms with Gasteiger partial charge < -0.3 is 9.80 Å². The van der Waals surface area contributed by atoms with Crippen LogP contribution in [0.3, 0.4) is 0 Å². The van der Waals surface area contributed by atoms with Crippen molar-refractivity contribution in [2.45, 2.75) is 25.9 Å². The van der Waals surface area contributed by atoms with Crippen LogP contribution in [0.2, 0.25) is 0 Å². The van der Waals surface area contributed by atoms with Gasteiger partial charge >= 0.3 is 6.03 Å². The van der Waals surface area contributed by atoms with E-state index in [2.05, 4.69) is 12.1 Å². The Labute approximate surface area is 193 Å². The number of carbonyl (C=O) groups excluding carboxylic acids is 2. The molecule has 2 heterocycles. The van der Waals surface area contributed by atoms with Crippen molar-refractivity contribution in [3.63, 3.8) is 0 Å². The van der Waals surface area contributed by atoms with Crippen LogP contribution in [0.15, 0.2) is 72.8 Å². The minimum Gasteiger partial charge on any atom is -0.334 e. The molecule has 1 saturated heterocycles. The Kier molecular flexibility index (Phi) is 5.82. The second-order valence-corrected chi connectivity index (χ2v) is 8.63. The topological polar surface area (TPSA) is 43.9 Å². The molecule has 0 atom stereocenters. The zero-order valence-electron chi connectivity index (χ0n) is 18.4. The molecule has 0 unspecified atom stereocenters. The van der Waals surface area contributed by atoms with Crippen LogP contribution in [0.4, 0.5) is 14.9 Å². The van der Waals surface area contributed by atoms with E-state index < -0.39 is 0 Å². The van der Waals surface area contributed by atoms with Crippen LogP contribution < -0.4 is 4.90 Å². The molecule has 6 heteroatoms. The molecular formula is C27H26FN3O2. The fourth-order valence-corrected chi connectivity index (χ4v) is 4.64. The molecule has 2 aliphatic rings. The van der Waals surface area contributed by atoms with Crippen molar-refractivity contribution in [3.05, 3.63) is 101 Å². The number of amides is 3. The third-order valence-electron chi connectivity index (χ3n) is 6.42. The molecule has 5 nitrogen and oxygen atoms in total. The summed E-state index contributed by atoms with van der Waals surface area (Å²) in [5.74, 6) is -0.303. The van der Waals surface area contributed by atoms with Crippen molar-refractivity contribution in [1.82, 2.24) is 9.80 Å². The minimum atomic E-state index is -0.288. The molecule has 33 heavy (non-hydrogen) atoms. The number of nitrogens with zero attached hydrogens (tertiary/aromatic N) is 3. The number of hydrogen-bond acceptors (Lipinski definition) is 2. The lowest BCUT2D eigenvalue weighted by atomic mass is 9.99. The van der Waals surface area contributed by atoms with Crippen molar-refractivity contribution in [1.29, 1.82) is 0 Å². The van der Waals surface area contributed by atoms with E-state index in [0.717, 1.165) is 24.1 Å². The molecule has 1 fully saturated rings. The van der Waals surface area contributed by atoms with Gasteiger partial charge in [-0.05, 0) is 59.9 Å². The number of hydrogen-bond donors (Lipinski definition) is 0. The average Bonchev–Trinajstić information content (AvgIpc) is 2.86. The van der Waals surface area contributed by atoms with Crippen molar-refractivity contribution < 1.29 is 14.0 Å². The summed E-state index contributed by atoms with van der Waals surface area (Å²) in [6, 6.07) is 21.7. The molecule has 3 aromatic rings. The fourth-order valence-electron chi connectivity index (χ4n) is 4.64. The smallest absolute Gasteiger partial charge is 0.324 e. The first-order valence-electron chi connectivity index (χ1n) is 11.4. The summed E-state index contributed by atoms with van der Waals surface area (Å²) in [5, 5.41) is 0. The van der Waals surface area contributed by atoms with Crippen LogP contribution in [-0.4, -0.2) is 41.4 Å². The molecule has 0 saturated carbocycles. The summed E-state index contributed by atoms with van der Waals surface area (Å²) < 4.78 is 13.2. The van der Waals surface area contributed by atoms with E-state index in [0.29, 0.717) is 38.3 Å². The van der Waals surface area contributed by atoms with Gasteiger partial charge in [0, 0.05) is 44.0 Å². The first-order chi connectivity index (χ1) is 16.1. The number of rotatable bonds is 4. The van der Waals surface area contributed by atoms with Gasteiger partial charge in [-0.1, -0.05) is 42.5 Å². The predicted octanol–water partition coefficient (Wildman–Crippen LogP) is 4.86. The summed E-state index contributed by atoms with van der Waals surface area (Å²) in [6.45, 7) is 2.98. The molecule has 168 valence electrons. The van der Waals surface area contributed by atoms with Crippen LogP contribution in [0.1, 0.15) is 33.5 Å². The summed E-state index contributed by atoms with van der Waals surface area (Å²) in [6.07, 6.45) is 1.68. The zero-order valence-corrected chi connectivity index (χ0v) is 18.4. The van der Waals surface area contributed by atoms with Crippen LogP contribution in [0.25, 0.3) is 0 Å². The van der Waals surface area contributed by atoms with Gasteiger partial charge in [-0.15, -0.1) is 0 Å². The van der Waals surface area contributed by atoms with Gasteiger partial charge in [0.1, 0.15) is 5.82 Å². The standard InChI is InChI=1S/C27H26FN3O2/c28-24-11-9-20(10-12-24)18-30-14-4-15-31(27(30)33)25-8-3-7-22(17-25)26(32)29-16-13-21-5-1-2-6-23(21)19-29/h1-3,5-12,17H,4,13-16,18-19H2. The quantitative estimate of drug-likeness (QED) is 0.578. The van der Waals surface area contributed by atoms with Gasteiger partial charge in [-0.25, -0.2) is 9.18 Å². The van der Waals surface area contributed by atoms with E-state index in [1.807, 2.05) is 41.3 Å². The Balaban J connectivity index is 1.31. The maximum atomic E-state index is 13.2. The number of carbonyl (C=O) groups is 2. The minimum absolute atomic E-state index is 0.0148. The van der Waals surface area contributed by atoms with Gasteiger partial charge in [-0.3, -0.25) is 9.69 Å². The number of benzene rings is 3. The molecule has 0 aromatic heterocycles. The van der Waals surface area contributed by atoms with E-state index >= 15 is 0 Å². The Morgan fingerprint density at radius 3 is 2.48 bits per heavy atom. The molecule has 0 aliphatic carbocycles. The molecule has 0 N–H and O–H groups in total. The van der Waals surface area contributed by atoms with Crippen molar-refractivity contribution in [2.75, 3.05) is 24.5 Å². The summed E-state index contributed by atoms with van der Waals surface area (Å²) in [4.78, 5) is 31.8. The molecule has 3 aromatic carbocycles. The van der Waals surface area contributed by atoms with Gasteiger partial charge in [0.25, 0.3) is 5.91 Å². The lowest BCUT2D eigenvalue weighted by Gasteiger charge is -2.36. The van der Waals surface area contributed by atoms with E-state index in [1.165, 1.54) is 23.3 Å². The molecule has 0 bridgehead atoms. The highest BCUT2D eigenvalue weighted by Crippen LogP contribution is 2.25. The SMILES string of the molecule is O=C(c1cccc(N2CCCN(Cc3ccc(F)cc3)C2=O)c1)N1CCc2ccccc2C1. The summed E-state index contributed by atoms with van der Waals surface area (Å²) >= 11 is 0. The second-order valence-electron chi connectivity index (χ2n) is 8.63. The van der Waals surface area contributed by atoms with Gasteiger partial charge in [0.15, 0.2) is 0 Å². The van der Waals surface area contributed by atoms with Gasteiger partial charge in [0.2, 0.25) is 0 Å². The highest BCUT2D eigenvalue weighted by atomic mass is 19.1. The highest BCUT2D eigenvalue weighted by Gasteiger charge is 2.28. The van der Waals surface area contributed by atoms with E-state index in [9.17, 15) is 14.0 Å². The number of fused-ring (bicyclic) bond motifs is 1. The van der Waals surface area contributed by atoms with Gasteiger partial charge in [-0.2, -0.15) is 0 Å². The molecule has 3 amide bonds. The zero-order chi connectivity index (χ0) is 22.8. The fraction of sp³-hybridized carbons (Fsp3) is 0.259. The number of urea groups is 1. The van der Waals surface area contributed by atoms with Crippen LogP contribution >= 0.6 is 0 Å². The monoisotopic (exact) mass is 443 g/mol. The van der Waals surface area contributed by atoms with E-state index in [1.54, 1.807) is 21.9 Å².